The van der Waals surface area contributed by atoms with Crippen LogP contribution in [0.15, 0.2) is 23.8 Å². The van der Waals surface area contributed by atoms with E-state index in [9.17, 15) is 14.4 Å². The summed E-state index contributed by atoms with van der Waals surface area (Å²) in [6.07, 6.45) is 10.9. The Hall–Kier alpha value is -1.71. The van der Waals surface area contributed by atoms with Crippen LogP contribution in [0.1, 0.15) is 59.8 Å². The Morgan fingerprint density at radius 1 is 1.07 bits per heavy atom. The molecule has 0 unspecified atom stereocenters. The summed E-state index contributed by atoms with van der Waals surface area (Å²) >= 11 is 0. The van der Waals surface area contributed by atoms with Gasteiger partial charge in [0.15, 0.2) is 17.2 Å². The third-order valence-electron chi connectivity index (χ3n) is 9.45. The summed E-state index contributed by atoms with van der Waals surface area (Å²) in [5, 5.41) is 0. The summed E-state index contributed by atoms with van der Waals surface area (Å²) in [6.45, 7) is 7.55. The lowest BCUT2D eigenvalue weighted by molar-refractivity contribution is -0.185. The van der Waals surface area contributed by atoms with Crippen LogP contribution in [0.25, 0.3) is 0 Å². The number of allylic oxidation sites excluding steroid dienone is 4. The Labute approximate surface area is 166 Å². The number of rotatable bonds is 2. The van der Waals surface area contributed by atoms with Gasteiger partial charge in [-0.25, -0.2) is 0 Å². The molecule has 0 amide bonds. The van der Waals surface area contributed by atoms with E-state index in [-0.39, 0.29) is 28.5 Å². The van der Waals surface area contributed by atoms with Gasteiger partial charge in [0.1, 0.15) is 0 Å². The van der Waals surface area contributed by atoms with Crippen LogP contribution in [-0.2, 0) is 19.1 Å². The number of ketones is 2. The SMILES string of the molecule is CC(=O)O[C@]1(C(C)=O)CC[C@H]2[C@@H]3C=CC4=CC(=O)[C@@H]5C[C@@H]5[C@]4(C)[C@H]3CC[C@@]21C. The number of hydrogen-bond donors (Lipinski definition) is 0. The number of Topliss-reactive ketones (excluding diaryl/α,β-unsaturated/α-hetero) is 1. The van der Waals surface area contributed by atoms with E-state index in [0.717, 1.165) is 25.7 Å². The minimum Gasteiger partial charge on any atom is -0.451 e. The van der Waals surface area contributed by atoms with Gasteiger partial charge in [0.25, 0.3) is 0 Å². The predicted molar refractivity (Wildman–Crippen MR) is 104 cm³/mol. The van der Waals surface area contributed by atoms with E-state index in [4.69, 9.17) is 4.74 Å². The lowest BCUT2D eigenvalue weighted by Gasteiger charge is -2.57. The zero-order valence-electron chi connectivity index (χ0n) is 17.3. The van der Waals surface area contributed by atoms with Crippen molar-refractivity contribution in [3.8, 4) is 0 Å². The molecule has 5 aliphatic rings. The van der Waals surface area contributed by atoms with Crippen LogP contribution >= 0.6 is 0 Å². The molecule has 0 N–H and O–H groups in total. The topological polar surface area (TPSA) is 60.4 Å². The number of carbonyl (C=O) groups is 3. The molecule has 28 heavy (non-hydrogen) atoms. The molecule has 5 aliphatic carbocycles. The van der Waals surface area contributed by atoms with Gasteiger partial charge in [0, 0.05) is 18.3 Å². The first-order chi connectivity index (χ1) is 13.1. The van der Waals surface area contributed by atoms with Crippen molar-refractivity contribution in [1.29, 1.82) is 0 Å². The van der Waals surface area contributed by atoms with E-state index < -0.39 is 5.60 Å². The van der Waals surface area contributed by atoms with Gasteiger partial charge in [0.05, 0.1) is 0 Å². The largest absolute Gasteiger partial charge is 0.451 e. The summed E-state index contributed by atoms with van der Waals surface area (Å²) in [7, 11) is 0. The van der Waals surface area contributed by atoms with Gasteiger partial charge in [-0.3, -0.25) is 14.4 Å². The molecule has 4 heteroatoms. The molecule has 5 rings (SSSR count). The summed E-state index contributed by atoms with van der Waals surface area (Å²) in [5.74, 6) is 1.87. The number of esters is 1. The molecule has 0 aliphatic heterocycles. The van der Waals surface area contributed by atoms with Crippen LogP contribution in [0, 0.1) is 40.4 Å². The molecule has 0 radical (unpaired) electrons. The molecule has 0 saturated heterocycles. The number of fused-ring (bicyclic) bond motifs is 7. The Bertz CT molecular complexity index is 853. The van der Waals surface area contributed by atoms with Crippen molar-refractivity contribution in [1.82, 2.24) is 0 Å². The minimum absolute atomic E-state index is 0.0109. The molecule has 0 aromatic rings. The maximum Gasteiger partial charge on any atom is 0.303 e. The van der Waals surface area contributed by atoms with Crippen molar-refractivity contribution in [2.45, 2.75) is 65.4 Å². The molecule has 4 nitrogen and oxygen atoms in total. The first-order valence-electron chi connectivity index (χ1n) is 10.8. The van der Waals surface area contributed by atoms with Crippen molar-refractivity contribution < 1.29 is 19.1 Å². The number of carbonyl (C=O) groups excluding carboxylic acids is 3. The van der Waals surface area contributed by atoms with Crippen molar-refractivity contribution >= 4 is 17.5 Å². The fourth-order valence-electron chi connectivity index (χ4n) is 7.96. The van der Waals surface area contributed by atoms with Gasteiger partial charge in [0.2, 0.25) is 0 Å². The average molecular weight is 383 g/mol. The van der Waals surface area contributed by atoms with E-state index in [1.165, 1.54) is 12.5 Å². The van der Waals surface area contributed by atoms with Crippen LogP contribution < -0.4 is 0 Å². The van der Waals surface area contributed by atoms with Gasteiger partial charge < -0.3 is 4.74 Å². The molecule has 0 aromatic heterocycles. The van der Waals surface area contributed by atoms with Crippen molar-refractivity contribution in [2.24, 2.45) is 40.4 Å². The zero-order chi connectivity index (χ0) is 20.1. The predicted octanol–water partition coefficient (Wildman–Crippen LogP) is 4.04. The Morgan fingerprint density at radius 2 is 1.79 bits per heavy atom. The van der Waals surface area contributed by atoms with Gasteiger partial charge in [-0.2, -0.15) is 0 Å². The molecule has 0 spiro atoms. The average Bonchev–Trinajstić information content (AvgIpc) is 3.37. The fourth-order valence-corrected chi connectivity index (χ4v) is 7.96. The Kier molecular flexibility index (Phi) is 3.57. The second kappa shape index (κ2) is 5.46. The second-order valence-electron chi connectivity index (χ2n) is 10.4. The maximum atomic E-state index is 12.8. The molecule has 3 saturated carbocycles. The van der Waals surface area contributed by atoms with E-state index in [2.05, 4.69) is 26.0 Å². The number of ether oxygens (including phenoxy) is 1. The van der Waals surface area contributed by atoms with Gasteiger partial charge in [-0.05, 0) is 79.8 Å². The lowest BCUT2D eigenvalue weighted by Crippen LogP contribution is -2.58. The molecular weight excluding hydrogens is 352 g/mol. The quantitative estimate of drug-likeness (QED) is 0.676. The van der Waals surface area contributed by atoms with E-state index in [1.54, 1.807) is 6.92 Å². The third-order valence-corrected chi connectivity index (χ3v) is 9.45. The molecule has 0 aromatic carbocycles. The summed E-state index contributed by atoms with van der Waals surface area (Å²) < 4.78 is 5.82. The Morgan fingerprint density at radius 3 is 2.46 bits per heavy atom. The van der Waals surface area contributed by atoms with Crippen molar-refractivity contribution in [3.05, 3.63) is 23.8 Å². The molecular formula is C24H30O4. The molecule has 3 fully saturated rings. The Balaban J connectivity index is 1.56. The van der Waals surface area contributed by atoms with Crippen LogP contribution in [-0.4, -0.2) is 23.1 Å². The summed E-state index contributed by atoms with van der Waals surface area (Å²) in [5.41, 5.74) is -0.00957. The second-order valence-corrected chi connectivity index (χ2v) is 10.4. The summed E-state index contributed by atoms with van der Waals surface area (Å²) in [4.78, 5) is 37.0. The van der Waals surface area contributed by atoms with E-state index in [0.29, 0.717) is 35.9 Å². The first kappa shape index (κ1) is 18.3. The molecule has 0 heterocycles. The standard InChI is InChI=1S/C24H30O4/c1-13(25)24(28-14(2)26)10-8-18-16-6-5-15-11-21(27)17-12-20(17)23(15,4)19(16)7-9-22(18,24)3/h5-6,11,16-20H,7-10,12H2,1-4H3/t16-,17+,18-,19-,20-,22-,23-,24-/m0/s1. The van der Waals surface area contributed by atoms with Gasteiger partial charge in [-0.15, -0.1) is 0 Å². The van der Waals surface area contributed by atoms with Crippen LogP contribution in [0.5, 0.6) is 0 Å². The van der Waals surface area contributed by atoms with E-state index in [1.807, 2.05) is 6.08 Å². The fraction of sp³-hybridized carbons (Fsp3) is 0.708. The number of hydrogen-bond acceptors (Lipinski definition) is 4. The highest BCUT2D eigenvalue weighted by atomic mass is 16.6. The third kappa shape index (κ3) is 1.99. The highest BCUT2D eigenvalue weighted by Gasteiger charge is 2.69. The zero-order valence-corrected chi connectivity index (χ0v) is 17.3. The molecule has 0 bridgehead atoms. The smallest absolute Gasteiger partial charge is 0.303 e. The van der Waals surface area contributed by atoms with Crippen molar-refractivity contribution in [3.63, 3.8) is 0 Å². The summed E-state index contributed by atoms with van der Waals surface area (Å²) in [6, 6.07) is 0. The van der Waals surface area contributed by atoms with Crippen molar-refractivity contribution in [2.75, 3.05) is 0 Å². The van der Waals surface area contributed by atoms with E-state index >= 15 is 0 Å². The minimum atomic E-state index is -0.982. The van der Waals surface area contributed by atoms with Gasteiger partial charge >= 0.3 is 5.97 Å². The van der Waals surface area contributed by atoms with Gasteiger partial charge in [-0.1, -0.05) is 26.0 Å². The highest BCUT2D eigenvalue weighted by molar-refractivity contribution is 5.97. The molecule has 8 atom stereocenters. The maximum absolute atomic E-state index is 12.8. The molecule has 150 valence electrons. The normalized spacial score (nSPS) is 50.6. The van der Waals surface area contributed by atoms with Crippen LogP contribution in [0.3, 0.4) is 0 Å². The highest BCUT2D eigenvalue weighted by Crippen LogP contribution is 2.71. The van der Waals surface area contributed by atoms with Crippen LogP contribution in [0.2, 0.25) is 0 Å². The monoisotopic (exact) mass is 382 g/mol. The first-order valence-corrected chi connectivity index (χ1v) is 10.8. The lowest BCUT2D eigenvalue weighted by atomic mass is 9.47. The van der Waals surface area contributed by atoms with Crippen LogP contribution in [0.4, 0.5) is 0 Å².